The minimum absolute atomic E-state index is 0.132. The standard InChI is InChI=1S/C14H16FN/c1-14(2,9-16)13-5-3-4-10-6-7-11(15)8-12(10)13/h3-8H,9,16H2,1-2H3. The average molecular weight is 217 g/mol. The minimum atomic E-state index is -0.201. The first-order valence-corrected chi connectivity index (χ1v) is 5.43. The molecule has 0 amide bonds. The molecule has 0 spiro atoms. The van der Waals surface area contributed by atoms with Crippen LogP contribution in [0.4, 0.5) is 4.39 Å². The summed E-state index contributed by atoms with van der Waals surface area (Å²) in [6, 6.07) is 10.9. The summed E-state index contributed by atoms with van der Waals surface area (Å²) in [5.41, 5.74) is 6.75. The van der Waals surface area contributed by atoms with Crippen molar-refractivity contribution in [3.63, 3.8) is 0 Å². The van der Waals surface area contributed by atoms with Crippen LogP contribution in [0.1, 0.15) is 19.4 Å². The first-order chi connectivity index (χ1) is 7.54. The smallest absolute Gasteiger partial charge is 0.123 e. The topological polar surface area (TPSA) is 26.0 Å². The Bertz CT molecular complexity index is 517. The largest absolute Gasteiger partial charge is 0.330 e. The zero-order valence-electron chi connectivity index (χ0n) is 9.63. The number of rotatable bonds is 2. The lowest BCUT2D eigenvalue weighted by molar-refractivity contribution is 0.543. The first kappa shape index (κ1) is 11.1. The van der Waals surface area contributed by atoms with Crippen LogP contribution in [0.2, 0.25) is 0 Å². The van der Waals surface area contributed by atoms with Crippen LogP contribution in [-0.4, -0.2) is 6.54 Å². The van der Waals surface area contributed by atoms with E-state index in [0.29, 0.717) is 6.54 Å². The predicted octanol–water partition coefficient (Wildman–Crippen LogP) is 3.22. The van der Waals surface area contributed by atoms with Crippen molar-refractivity contribution in [2.45, 2.75) is 19.3 Å². The quantitative estimate of drug-likeness (QED) is 0.821. The van der Waals surface area contributed by atoms with E-state index in [1.165, 1.54) is 6.07 Å². The summed E-state index contributed by atoms with van der Waals surface area (Å²) >= 11 is 0. The fourth-order valence-electron chi connectivity index (χ4n) is 1.94. The van der Waals surface area contributed by atoms with Crippen LogP contribution in [-0.2, 0) is 5.41 Å². The van der Waals surface area contributed by atoms with Gasteiger partial charge >= 0.3 is 0 Å². The first-order valence-electron chi connectivity index (χ1n) is 5.43. The molecule has 2 rings (SSSR count). The highest BCUT2D eigenvalue weighted by Crippen LogP contribution is 2.29. The molecule has 0 radical (unpaired) electrons. The van der Waals surface area contributed by atoms with Crippen LogP contribution >= 0.6 is 0 Å². The maximum atomic E-state index is 13.3. The number of fused-ring (bicyclic) bond motifs is 1. The van der Waals surface area contributed by atoms with E-state index in [-0.39, 0.29) is 11.2 Å². The monoisotopic (exact) mass is 217 g/mol. The molecule has 16 heavy (non-hydrogen) atoms. The molecule has 0 saturated heterocycles. The van der Waals surface area contributed by atoms with Gasteiger partial charge in [-0.3, -0.25) is 0 Å². The summed E-state index contributed by atoms with van der Waals surface area (Å²) in [4.78, 5) is 0. The number of nitrogens with two attached hydrogens (primary N) is 1. The van der Waals surface area contributed by atoms with E-state index in [2.05, 4.69) is 13.8 Å². The summed E-state index contributed by atoms with van der Waals surface area (Å²) in [6.07, 6.45) is 0. The summed E-state index contributed by atoms with van der Waals surface area (Å²) in [5.74, 6) is -0.201. The van der Waals surface area contributed by atoms with E-state index < -0.39 is 0 Å². The molecule has 0 aliphatic rings. The van der Waals surface area contributed by atoms with Crippen LogP contribution in [0.25, 0.3) is 10.8 Å². The highest BCUT2D eigenvalue weighted by atomic mass is 19.1. The Balaban J connectivity index is 2.74. The molecule has 2 aromatic carbocycles. The van der Waals surface area contributed by atoms with Gasteiger partial charge in [0.1, 0.15) is 5.82 Å². The average Bonchev–Trinajstić information content (AvgIpc) is 2.28. The molecule has 0 atom stereocenters. The Hall–Kier alpha value is -1.41. The van der Waals surface area contributed by atoms with Gasteiger partial charge in [-0.15, -0.1) is 0 Å². The predicted molar refractivity (Wildman–Crippen MR) is 66.0 cm³/mol. The molecule has 0 aliphatic carbocycles. The Morgan fingerprint density at radius 1 is 1.19 bits per heavy atom. The van der Waals surface area contributed by atoms with Gasteiger partial charge in [-0.25, -0.2) is 4.39 Å². The normalized spacial score (nSPS) is 12.0. The second-order valence-electron chi connectivity index (χ2n) is 4.76. The van der Waals surface area contributed by atoms with E-state index in [1.807, 2.05) is 18.2 Å². The van der Waals surface area contributed by atoms with Gasteiger partial charge in [0.2, 0.25) is 0 Å². The lowest BCUT2D eigenvalue weighted by Gasteiger charge is -2.24. The molecule has 0 fully saturated rings. The number of benzene rings is 2. The van der Waals surface area contributed by atoms with Crippen molar-refractivity contribution < 1.29 is 4.39 Å². The molecule has 0 aliphatic heterocycles. The maximum absolute atomic E-state index is 13.3. The van der Waals surface area contributed by atoms with Crippen molar-refractivity contribution in [3.8, 4) is 0 Å². The molecule has 2 N–H and O–H groups in total. The van der Waals surface area contributed by atoms with E-state index >= 15 is 0 Å². The molecule has 84 valence electrons. The Kier molecular flexibility index (Phi) is 2.68. The van der Waals surface area contributed by atoms with Crippen LogP contribution in [0, 0.1) is 5.82 Å². The fraction of sp³-hybridized carbons (Fsp3) is 0.286. The highest BCUT2D eigenvalue weighted by Gasteiger charge is 2.20. The van der Waals surface area contributed by atoms with Crippen molar-refractivity contribution in [2.24, 2.45) is 5.73 Å². The van der Waals surface area contributed by atoms with E-state index in [0.717, 1.165) is 16.3 Å². The SMILES string of the molecule is CC(C)(CN)c1cccc2ccc(F)cc12. The van der Waals surface area contributed by atoms with Crippen molar-refractivity contribution in [1.82, 2.24) is 0 Å². The van der Waals surface area contributed by atoms with E-state index in [9.17, 15) is 4.39 Å². The van der Waals surface area contributed by atoms with Gasteiger partial charge in [0.25, 0.3) is 0 Å². The zero-order chi connectivity index (χ0) is 11.8. The van der Waals surface area contributed by atoms with Gasteiger partial charge in [-0.05, 0) is 28.5 Å². The third-order valence-corrected chi connectivity index (χ3v) is 3.08. The van der Waals surface area contributed by atoms with Crippen molar-refractivity contribution >= 4 is 10.8 Å². The van der Waals surface area contributed by atoms with Crippen molar-refractivity contribution in [3.05, 3.63) is 47.8 Å². The van der Waals surface area contributed by atoms with Gasteiger partial charge in [0.05, 0.1) is 0 Å². The summed E-state index contributed by atoms with van der Waals surface area (Å²) in [7, 11) is 0. The number of hydrogen-bond acceptors (Lipinski definition) is 1. The van der Waals surface area contributed by atoms with Crippen LogP contribution < -0.4 is 5.73 Å². The van der Waals surface area contributed by atoms with Gasteiger partial charge in [-0.1, -0.05) is 38.1 Å². The summed E-state index contributed by atoms with van der Waals surface area (Å²) < 4.78 is 13.3. The zero-order valence-corrected chi connectivity index (χ0v) is 9.63. The molecule has 2 aromatic rings. The Morgan fingerprint density at radius 2 is 1.94 bits per heavy atom. The van der Waals surface area contributed by atoms with E-state index in [4.69, 9.17) is 5.73 Å². The number of halogens is 1. The second kappa shape index (κ2) is 3.87. The van der Waals surface area contributed by atoms with Gasteiger partial charge in [-0.2, -0.15) is 0 Å². The second-order valence-corrected chi connectivity index (χ2v) is 4.76. The third kappa shape index (κ3) is 1.81. The van der Waals surface area contributed by atoms with Crippen molar-refractivity contribution in [2.75, 3.05) is 6.54 Å². The highest BCUT2D eigenvalue weighted by molar-refractivity contribution is 5.86. The molecule has 0 aromatic heterocycles. The Morgan fingerprint density at radius 3 is 2.62 bits per heavy atom. The molecular formula is C14H16FN. The summed E-state index contributed by atoms with van der Waals surface area (Å²) in [5, 5.41) is 2.01. The van der Waals surface area contributed by atoms with Gasteiger partial charge < -0.3 is 5.73 Å². The number of hydrogen-bond donors (Lipinski definition) is 1. The van der Waals surface area contributed by atoms with Crippen LogP contribution in [0.5, 0.6) is 0 Å². The molecule has 1 nitrogen and oxygen atoms in total. The molecule has 0 saturated carbocycles. The van der Waals surface area contributed by atoms with Crippen LogP contribution in [0.3, 0.4) is 0 Å². The van der Waals surface area contributed by atoms with E-state index in [1.54, 1.807) is 12.1 Å². The van der Waals surface area contributed by atoms with Crippen LogP contribution in [0.15, 0.2) is 36.4 Å². The Labute approximate surface area is 95.1 Å². The lowest BCUT2D eigenvalue weighted by Crippen LogP contribution is -2.28. The molecule has 0 unspecified atom stereocenters. The lowest BCUT2D eigenvalue weighted by atomic mass is 9.82. The van der Waals surface area contributed by atoms with Gasteiger partial charge in [0.15, 0.2) is 0 Å². The molecular weight excluding hydrogens is 201 g/mol. The third-order valence-electron chi connectivity index (χ3n) is 3.08. The molecule has 0 heterocycles. The summed E-state index contributed by atoms with van der Waals surface area (Å²) in [6.45, 7) is 4.70. The fourth-order valence-corrected chi connectivity index (χ4v) is 1.94. The van der Waals surface area contributed by atoms with Gasteiger partial charge in [0, 0.05) is 12.0 Å². The molecule has 2 heteroatoms. The molecule has 0 bridgehead atoms. The maximum Gasteiger partial charge on any atom is 0.123 e. The van der Waals surface area contributed by atoms with Crippen molar-refractivity contribution in [1.29, 1.82) is 0 Å². The minimum Gasteiger partial charge on any atom is -0.330 e.